The first-order valence-corrected chi connectivity index (χ1v) is 8.38. The lowest BCUT2D eigenvalue weighted by atomic mass is 10.1. The van der Waals surface area contributed by atoms with Crippen LogP contribution in [-0.2, 0) is 13.1 Å². The molecule has 1 aliphatic rings. The first-order valence-electron chi connectivity index (χ1n) is 8.38. The van der Waals surface area contributed by atoms with Crippen LogP contribution in [0.5, 0.6) is 5.75 Å². The monoisotopic (exact) mass is 290 g/mol. The van der Waals surface area contributed by atoms with Crippen molar-refractivity contribution in [2.24, 2.45) is 0 Å². The fraction of sp³-hybridized carbons (Fsp3) is 0.667. The van der Waals surface area contributed by atoms with Crippen LogP contribution in [0.25, 0.3) is 0 Å². The molecule has 0 unspecified atom stereocenters. The molecule has 1 aromatic carbocycles. The minimum Gasteiger partial charge on any atom is -0.496 e. The first kappa shape index (κ1) is 16.3. The maximum atomic E-state index is 5.55. The van der Waals surface area contributed by atoms with E-state index in [1.807, 2.05) is 0 Å². The van der Waals surface area contributed by atoms with E-state index in [2.05, 4.69) is 42.3 Å². The number of methoxy groups -OCH3 is 1. The number of hydrogen-bond acceptors (Lipinski definition) is 3. The molecule has 0 aliphatic heterocycles. The molecule has 1 aromatic rings. The molecule has 0 heterocycles. The van der Waals surface area contributed by atoms with Gasteiger partial charge in [0.15, 0.2) is 0 Å². The number of hydrogen-bond donors (Lipinski definition) is 1. The Balaban J connectivity index is 2.03. The molecular weight excluding hydrogens is 260 g/mol. The summed E-state index contributed by atoms with van der Waals surface area (Å²) in [5, 5.41) is 3.59. The predicted molar refractivity (Wildman–Crippen MR) is 88.7 cm³/mol. The Morgan fingerprint density at radius 1 is 1.19 bits per heavy atom. The van der Waals surface area contributed by atoms with Crippen molar-refractivity contribution in [2.45, 2.75) is 58.7 Å². The molecule has 1 fully saturated rings. The third kappa shape index (κ3) is 5.33. The molecule has 0 radical (unpaired) electrons. The van der Waals surface area contributed by atoms with Gasteiger partial charge in [-0.1, -0.05) is 19.9 Å². The van der Waals surface area contributed by atoms with Gasteiger partial charge >= 0.3 is 0 Å². The average Bonchev–Trinajstić information content (AvgIpc) is 3.30. The number of nitrogens with zero attached hydrogens (tertiary/aromatic N) is 1. The topological polar surface area (TPSA) is 24.5 Å². The van der Waals surface area contributed by atoms with Gasteiger partial charge in [-0.2, -0.15) is 0 Å². The molecule has 3 heteroatoms. The first-order chi connectivity index (χ1) is 10.3. The van der Waals surface area contributed by atoms with Crippen molar-refractivity contribution in [3.8, 4) is 5.75 Å². The average molecular weight is 290 g/mol. The Kier molecular flexibility index (Phi) is 6.52. The van der Waals surface area contributed by atoms with Gasteiger partial charge in [-0.3, -0.25) is 4.90 Å². The van der Waals surface area contributed by atoms with Gasteiger partial charge in [0, 0.05) is 24.7 Å². The molecule has 0 atom stereocenters. The fourth-order valence-corrected chi connectivity index (χ4v) is 2.76. The molecule has 1 saturated carbocycles. The van der Waals surface area contributed by atoms with Gasteiger partial charge in [0.2, 0.25) is 0 Å². The molecule has 1 aliphatic carbocycles. The van der Waals surface area contributed by atoms with Crippen LogP contribution in [0.3, 0.4) is 0 Å². The summed E-state index contributed by atoms with van der Waals surface area (Å²) >= 11 is 0. The highest BCUT2D eigenvalue weighted by molar-refractivity contribution is 5.37. The molecule has 21 heavy (non-hydrogen) atoms. The summed E-state index contributed by atoms with van der Waals surface area (Å²) in [5.74, 6) is 1.02. The van der Waals surface area contributed by atoms with Crippen LogP contribution < -0.4 is 10.1 Å². The van der Waals surface area contributed by atoms with Crippen LogP contribution in [0, 0.1) is 0 Å². The third-order valence-corrected chi connectivity index (χ3v) is 3.99. The van der Waals surface area contributed by atoms with Crippen molar-refractivity contribution in [3.63, 3.8) is 0 Å². The standard InChI is InChI=1S/C18H30N2O/c1-4-10-20(11-5-2)14-16-12-15(6-9-18(16)21-3)13-19-17-7-8-17/h6,9,12,17,19H,4-5,7-8,10-11,13-14H2,1-3H3. The quantitative estimate of drug-likeness (QED) is 0.713. The molecule has 3 nitrogen and oxygen atoms in total. The number of rotatable bonds is 10. The van der Waals surface area contributed by atoms with Crippen LogP contribution in [0.2, 0.25) is 0 Å². The molecule has 118 valence electrons. The van der Waals surface area contributed by atoms with Gasteiger partial charge in [0.05, 0.1) is 7.11 Å². The fourth-order valence-electron chi connectivity index (χ4n) is 2.76. The summed E-state index contributed by atoms with van der Waals surface area (Å²) in [5.41, 5.74) is 2.68. The van der Waals surface area contributed by atoms with E-state index in [1.165, 1.54) is 36.8 Å². The second-order valence-electron chi connectivity index (χ2n) is 6.08. The minimum absolute atomic E-state index is 0.757. The van der Waals surface area contributed by atoms with E-state index in [9.17, 15) is 0 Å². The third-order valence-electron chi connectivity index (χ3n) is 3.99. The van der Waals surface area contributed by atoms with E-state index in [0.29, 0.717) is 0 Å². The Morgan fingerprint density at radius 2 is 1.90 bits per heavy atom. The minimum atomic E-state index is 0.757. The van der Waals surface area contributed by atoms with E-state index < -0.39 is 0 Å². The zero-order valence-electron chi connectivity index (χ0n) is 13.8. The predicted octanol–water partition coefficient (Wildman–Crippen LogP) is 3.57. The SMILES string of the molecule is CCCN(CCC)Cc1cc(CNC2CC2)ccc1OC. The molecule has 0 saturated heterocycles. The van der Waals surface area contributed by atoms with E-state index in [1.54, 1.807) is 7.11 Å². The Labute approximate surface area is 129 Å². The van der Waals surface area contributed by atoms with Crippen LogP contribution in [0.4, 0.5) is 0 Å². The smallest absolute Gasteiger partial charge is 0.123 e. The van der Waals surface area contributed by atoms with E-state index in [0.717, 1.165) is 38.0 Å². The van der Waals surface area contributed by atoms with Gasteiger partial charge in [-0.15, -0.1) is 0 Å². The summed E-state index contributed by atoms with van der Waals surface area (Å²) in [6.45, 7) is 8.76. The van der Waals surface area contributed by atoms with Crippen molar-refractivity contribution in [1.29, 1.82) is 0 Å². The van der Waals surface area contributed by atoms with E-state index in [4.69, 9.17) is 4.74 Å². The van der Waals surface area contributed by atoms with Crippen molar-refractivity contribution < 1.29 is 4.74 Å². The lowest BCUT2D eigenvalue weighted by Gasteiger charge is -2.22. The molecular formula is C18H30N2O. The van der Waals surface area contributed by atoms with Crippen LogP contribution in [0.1, 0.15) is 50.7 Å². The second-order valence-corrected chi connectivity index (χ2v) is 6.08. The molecule has 0 amide bonds. The zero-order valence-corrected chi connectivity index (χ0v) is 13.8. The van der Waals surface area contributed by atoms with E-state index >= 15 is 0 Å². The molecule has 2 rings (SSSR count). The van der Waals surface area contributed by atoms with Gasteiger partial charge in [-0.25, -0.2) is 0 Å². The van der Waals surface area contributed by atoms with E-state index in [-0.39, 0.29) is 0 Å². The summed E-state index contributed by atoms with van der Waals surface area (Å²) in [7, 11) is 1.77. The van der Waals surface area contributed by atoms with Crippen molar-refractivity contribution in [3.05, 3.63) is 29.3 Å². The van der Waals surface area contributed by atoms with Crippen LogP contribution >= 0.6 is 0 Å². The normalized spacial score (nSPS) is 14.7. The summed E-state index contributed by atoms with van der Waals surface area (Å²) in [4.78, 5) is 2.52. The molecule has 0 spiro atoms. The second kappa shape index (κ2) is 8.40. The number of nitrogens with one attached hydrogen (secondary N) is 1. The lowest BCUT2D eigenvalue weighted by Crippen LogP contribution is -2.25. The molecule has 0 aromatic heterocycles. The molecule has 0 bridgehead atoms. The summed E-state index contributed by atoms with van der Waals surface area (Å²) < 4.78 is 5.55. The van der Waals surface area contributed by atoms with Gasteiger partial charge in [-0.05, 0) is 56.5 Å². The lowest BCUT2D eigenvalue weighted by molar-refractivity contribution is 0.262. The Bertz CT molecular complexity index is 423. The maximum absolute atomic E-state index is 5.55. The Morgan fingerprint density at radius 3 is 2.48 bits per heavy atom. The van der Waals surface area contributed by atoms with Gasteiger partial charge < -0.3 is 10.1 Å². The van der Waals surface area contributed by atoms with Crippen molar-refractivity contribution in [2.75, 3.05) is 20.2 Å². The van der Waals surface area contributed by atoms with Gasteiger partial charge in [0.25, 0.3) is 0 Å². The highest BCUT2D eigenvalue weighted by Crippen LogP contribution is 2.23. The number of ether oxygens (including phenoxy) is 1. The maximum Gasteiger partial charge on any atom is 0.123 e. The van der Waals surface area contributed by atoms with Crippen molar-refractivity contribution in [1.82, 2.24) is 10.2 Å². The summed E-state index contributed by atoms with van der Waals surface area (Å²) in [6.07, 6.45) is 5.07. The number of benzene rings is 1. The zero-order chi connectivity index (χ0) is 15.1. The van der Waals surface area contributed by atoms with Crippen LogP contribution in [0.15, 0.2) is 18.2 Å². The Hall–Kier alpha value is -1.06. The summed E-state index contributed by atoms with van der Waals surface area (Å²) in [6, 6.07) is 7.37. The highest BCUT2D eigenvalue weighted by Gasteiger charge is 2.20. The highest BCUT2D eigenvalue weighted by atomic mass is 16.5. The van der Waals surface area contributed by atoms with Crippen LogP contribution in [-0.4, -0.2) is 31.1 Å². The largest absolute Gasteiger partial charge is 0.496 e. The van der Waals surface area contributed by atoms with Gasteiger partial charge in [0.1, 0.15) is 5.75 Å². The molecule has 1 N–H and O–H groups in total. The van der Waals surface area contributed by atoms with Crippen molar-refractivity contribution >= 4 is 0 Å².